The van der Waals surface area contributed by atoms with E-state index in [9.17, 15) is 13.6 Å². The van der Waals surface area contributed by atoms with Crippen LogP contribution in [0.1, 0.15) is 19.5 Å². The van der Waals surface area contributed by atoms with Crippen molar-refractivity contribution >= 4 is 44.1 Å². The summed E-state index contributed by atoms with van der Waals surface area (Å²) in [5.41, 5.74) is -0.723. The first kappa shape index (κ1) is 15.8. The van der Waals surface area contributed by atoms with E-state index in [-0.39, 0.29) is 10.2 Å². The third-order valence-electron chi connectivity index (χ3n) is 2.93. The molecule has 21 heavy (non-hydrogen) atoms. The molecule has 0 unspecified atom stereocenters. The summed E-state index contributed by atoms with van der Waals surface area (Å²) in [4.78, 5) is 15.3. The maximum absolute atomic E-state index is 13.6. The maximum Gasteiger partial charge on any atom is 0.315 e. The van der Waals surface area contributed by atoms with Gasteiger partial charge in [0.05, 0.1) is 15.9 Å². The number of hydrogen-bond acceptors (Lipinski definition) is 4. The van der Waals surface area contributed by atoms with Crippen LogP contribution in [0.3, 0.4) is 0 Å². The third kappa shape index (κ3) is 3.21. The molecule has 2 rings (SSSR count). The average Bonchev–Trinajstić information content (AvgIpc) is 2.85. The molecule has 0 atom stereocenters. The summed E-state index contributed by atoms with van der Waals surface area (Å²) >= 11 is 4.12. The highest BCUT2D eigenvalue weighted by molar-refractivity contribution is 9.10. The Morgan fingerprint density at radius 1 is 1.38 bits per heavy atom. The predicted molar refractivity (Wildman–Crippen MR) is 80.1 cm³/mol. The van der Waals surface area contributed by atoms with Crippen LogP contribution in [-0.2, 0) is 10.2 Å². The topological polar surface area (TPSA) is 62.2 Å². The van der Waals surface area contributed by atoms with Crippen molar-refractivity contribution in [1.82, 2.24) is 4.98 Å². The molecule has 4 nitrogen and oxygen atoms in total. The average molecular weight is 377 g/mol. The van der Waals surface area contributed by atoms with Crippen molar-refractivity contribution < 1.29 is 18.7 Å². The van der Waals surface area contributed by atoms with E-state index in [0.717, 1.165) is 17.4 Å². The molecular weight excluding hydrogens is 366 g/mol. The van der Waals surface area contributed by atoms with E-state index in [1.807, 2.05) is 0 Å². The molecule has 0 aliphatic rings. The van der Waals surface area contributed by atoms with E-state index in [1.165, 1.54) is 19.9 Å². The van der Waals surface area contributed by atoms with Crippen LogP contribution >= 0.6 is 27.3 Å². The molecule has 0 fully saturated rings. The molecule has 2 aromatic rings. The molecule has 2 N–H and O–H groups in total. The Morgan fingerprint density at radius 3 is 2.67 bits per heavy atom. The van der Waals surface area contributed by atoms with Crippen LogP contribution in [0.15, 0.2) is 22.0 Å². The van der Waals surface area contributed by atoms with Crippen LogP contribution in [-0.4, -0.2) is 16.1 Å². The molecule has 1 aromatic heterocycles. The van der Waals surface area contributed by atoms with E-state index >= 15 is 0 Å². The minimum Gasteiger partial charge on any atom is -0.481 e. The van der Waals surface area contributed by atoms with Gasteiger partial charge < -0.3 is 10.4 Å². The fourth-order valence-corrected chi connectivity index (χ4v) is 2.70. The van der Waals surface area contributed by atoms with Crippen molar-refractivity contribution in [2.75, 3.05) is 5.32 Å². The quantitative estimate of drug-likeness (QED) is 0.781. The molecule has 0 saturated heterocycles. The summed E-state index contributed by atoms with van der Waals surface area (Å²) in [6.45, 7) is 3.06. The van der Waals surface area contributed by atoms with Crippen molar-refractivity contribution in [3.8, 4) is 0 Å². The lowest BCUT2D eigenvalue weighted by molar-refractivity contribution is -0.142. The second-order valence-corrected chi connectivity index (χ2v) is 6.55. The zero-order valence-corrected chi connectivity index (χ0v) is 13.5. The van der Waals surface area contributed by atoms with Gasteiger partial charge in [-0.25, -0.2) is 13.8 Å². The fraction of sp³-hybridized carbons (Fsp3) is 0.231. The zero-order valence-electron chi connectivity index (χ0n) is 11.1. The summed E-state index contributed by atoms with van der Waals surface area (Å²) < 4.78 is 26.9. The Labute approximate surface area is 132 Å². The van der Waals surface area contributed by atoms with Crippen LogP contribution in [0.2, 0.25) is 0 Å². The fourth-order valence-electron chi connectivity index (χ4n) is 1.46. The van der Waals surface area contributed by atoms with Crippen molar-refractivity contribution in [1.29, 1.82) is 0 Å². The van der Waals surface area contributed by atoms with Gasteiger partial charge in [-0.3, -0.25) is 4.79 Å². The first-order valence-electron chi connectivity index (χ1n) is 5.83. The lowest BCUT2D eigenvalue weighted by atomic mass is 9.90. The molecule has 1 aromatic carbocycles. The van der Waals surface area contributed by atoms with Crippen LogP contribution in [0.5, 0.6) is 0 Å². The first-order valence-corrected chi connectivity index (χ1v) is 7.50. The van der Waals surface area contributed by atoms with Crippen molar-refractivity contribution in [2.24, 2.45) is 0 Å². The maximum atomic E-state index is 13.6. The van der Waals surface area contributed by atoms with E-state index in [1.54, 1.807) is 5.38 Å². The van der Waals surface area contributed by atoms with Gasteiger partial charge in [-0.1, -0.05) is 0 Å². The Kier molecular flexibility index (Phi) is 4.29. The van der Waals surface area contributed by atoms with Crippen LogP contribution < -0.4 is 5.32 Å². The number of rotatable bonds is 4. The number of nitrogens with one attached hydrogen (secondary N) is 1. The van der Waals surface area contributed by atoms with Gasteiger partial charge in [0, 0.05) is 11.4 Å². The Hall–Kier alpha value is -1.54. The number of carboxylic acid groups (broad SMARTS) is 1. The molecule has 0 radical (unpaired) electrons. The van der Waals surface area contributed by atoms with Crippen molar-refractivity contribution in [3.63, 3.8) is 0 Å². The van der Waals surface area contributed by atoms with Gasteiger partial charge in [0.15, 0.2) is 5.13 Å². The number of aromatic nitrogens is 1. The van der Waals surface area contributed by atoms with Gasteiger partial charge in [0.2, 0.25) is 0 Å². The number of hydrogen-bond donors (Lipinski definition) is 2. The number of carboxylic acids is 1. The number of anilines is 2. The minimum atomic E-state index is -1.14. The smallest absolute Gasteiger partial charge is 0.315 e. The predicted octanol–water partition coefficient (Wildman–Crippen LogP) is 4.29. The monoisotopic (exact) mass is 376 g/mol. The highest BCUT2D eigenvalue weighted by Crippen LogP contribution is 2.31. The number of nitrogens with zero attached hydrogens (tertiary/aromatic N) is 1. The molecule has 0 bridgehead atoms. The van der Waals surface area contributed by atoms with E-state index in [4.69, 9.17) is 5.11 Å². The summed E-state index contributed by atoms with van der Waals surface area (Å²) in [7, 11) is 0. The van der Waals surface area contributed by atoms with Gasteiger partial charge in [-0.15, -0.1) is 11.3 Å². The molecule has 1 heterocycles. The third-order valence-corrected chi connectivity index (χ3v) is 4.30. The molecule has 0 aliphatic carbocycles. The second kappa shape index (κ2) is 5.69. The normalized spacial score (nSPS) is 11.5. The number of carbonyl (C=O) groups is 1. The Balaban J connectivity index is 2.28. The number of aliphatic carboxylic acids is 1. The molecule has 0 spiro atoms. The highest BCUT2D eigenvalue weighted by atomic mass is 79.9. The summed E-state index contributed by atoms with van der Waals surface area (Å²) in [5, 5.41) is 13.8. The number of benzene rings is 1. The van der Waals surface area contributed by atoms with Crippen LogP contribution in [0.25, 0.3) is 0 Å². The van der Waals surface area contributed by atoms with Gasteiger partial charge in [0.1, 0.15) is 17.0 Å². The van der Waals surface area contributed by atoms with E-state index < -0.39 is 23.0 Å². The van der Waals surface area contributed by atoms with Gasteiger partial charge in [-0.2, -0.15) is 0 Å². The Morgan fingerprint density at radius 2 is 2.05 bits per heavy atom. The SMILES string of the molecule is CC(C)(C(=O)O)c1csc(Nc2cc(Br)c(F)cc2F)n1. The van der Waals surface area contributed by atoms with Crippen molar-refractivity contribution in [2.45, 2.75) is 19.3 Å². The lowest BCUT2D eigenvalue weighted by Gasteiger charge is -2.15. The molecule has 112 valence electrons. The molecule has 0 aliphatic heterocycles. The van der Waals surface area contributed by atoms with Gasteiger partial charge >= 0.3 is 5.97 Å². The molecular formula is C13H11BrF2N2O2S. The molecule has 0 saturated carbocycles. The minimum absolute atomic E-state index is 0.0531. The second-order valence-electron chi connectivity index (χ2n) is 4.84. The lowest BCUT2D eigenvalue weighted by Crippen LogP contribution is -2.28. The summed E-state index contributed by atoms with van der Waals surface area (Å²) in [5.74, 6) is -2.47. The number of thiazole rings is 1. The summed E-state index contributed by atoms with van der Waals surface area (Å²) in [6, 6.07) is 2.01. The molecule has 8 heteroatoms. The zero-order chi connectivity index (χ0) is 15.8. The van der Waals surface area contributed by atoms with E-state index in [2.05, 4.69) is 26.2 Å². The first-order chi connectivity index (χ1) is 9.71. The standard InChI is InChI=1S/C13H11BrF2N2O2S/c1-13(2,11(19)20)10-5-21-12(18-10)17-9-3-6(14)7(15)4-8(9)16/h3-5H,1-2H3,(H,17,18)(H,19,20). The van der Waals surface area contributed by atoms with Gasteiger partial charge in [-0.05, 0) is 35.8 Å². The van der Waals surface area contributed by atoms with E-state index in [0.29, 0.717) is 10.8 Å². The van der Waals surface area contributed by atoms with Crippen molar-refractivity contribution in [3.05, 3.63) is 39.3 Å². The number of halogens is 3. The largest absolute Gasteiger partial charge is 0.481 e. The molecule has 0 amide bonds. The Bertz CT molecular complexity index is 703. The van der Waals surface area contributed by atoms with Crippen LogP contribution in [0.4, 0.5) is 19.6 Å². The van der Waals surface area contributed by atoms with Crippen LogP contribution in [0, 0.1) is 11.6 Å². The van der Waals surface area contributed by atoms with Gasteiger partial charge in [0.25, 0.3) is 0 Å². The summed E-state index contributed by atoms with van der Waals surface area (Å²) in [6.07, 6.45) is 0. The highest BCUT2D eigenvalue weighted by Gasteiger charge is 2.32.